The van der Waals surface area contributed by atoms with Crippen molar-refractivity contribution in [3.8, 4) is 0 Å². The molecule has 0 saturated heterocycles. The van der Waals surface area contributed by atoms with Crippen molar-refractivity contribution in [2.75, 3.05) is 12.3 Å². The van der Waals surface area contributed by atoms with Gasteiger partial charge in [-0.05, 0) is 49.2 Å². The molecule has 2 amide bonds. The number of benzene rings is 2. The molecular weight excluding hydrogens is 486 g/mol. The highest BCUT2D eigenvalue weighted by Gasteiger charge is 2.25. The third-order valence-electron chi connectivity index (χ3n) is 4.33. The Balaban J connectivity index is 2.09. The molecule has 0 aliphatic heterocycles. The Kier molecular flexibility index (Phi) is 10.1. The highest BCUT2D eigenvalue weighted by molar-refractivity contribution is 7.99. The van der Waals surface area contributed by atoms with Crippen molar-refractivity contribution in [2.24, 2.45) is 0 Å². The quantitative estimate of drug-likeness (QED) is 0.447. The van der Waals surface area contributed by atoms with E-state index in [1.807, 2.05) is 13.0 Å². The van der Waals surface area contributed by atoms with E-state index < -0.39 is 6.04 Å². The molecule has 0 radical (unpaired) electrons. The number of rotatable bonds is 9. The summed E-state index contributed by atoms with van der Waals surface area (Å²) in [6.45, 7) is 4.29. The molecule has 30 heavy (non-hydrogen) atoms. The van der Waals surface area contributed by atoms with Crippen LogP contribution in [0.1, 0.15) is 25.0 Å². The van der Waals surface area contributed by atoms with Crippen molar-refractivity contribution in [1.29, 1.82) is 0 Å². The van der Waals surface area contributed by atoms with Crippen molar-refractivity contribution in [3.05, 3.63) is 67.6 Å². The van der Waals surface area contributed by atoms with Crippen LogP contribution in [0.3, 0.4) is 0 Å². The number of hydrogen-bond acceptors (Lipinski definition) is 3. The van der Waals surface area contributed by atoms with E-state index in [4.69, 9.17) is 46.4 Å². The monoisotopic (exact) mass is 506 g/mol. The fourth-order valence-corrected chi connectivity index (χ4v) is 4.21. The summed E-state index contributed by atoms with van der Waals surface area (Å²) in [7, 11) is 0. The van der Waals surface area contributed by atoms with E-state index in [-0.39, 0.29) is 24.1 Å². The molecule has 0 heterocycles. The summed E-state index contributed by atoms with van der Waals surface area (Å²) in [4.78, 5) is 26.9. The van der Waals surface area contributed by atoms with Crippen molar-refractivity contribution < 1.29 is 9.59 Å². The molecule has 0 saturated carbocycles. The Morgan fingerprint density at radius 3 is 2.10 bits per heavy atom. The summed E-state index contributed by atoms with van der Waals surface area (Å²) < 4.78 is 0. The zero-order chi connectivity index (χ0) is 22.3. The Morgan fingerprint density at radius 2 is 1.53 bits per heavy atom. The smallest absolute Gasteiger partial charge is 0.242 e. The molecule has 2 aromatic carbocycles. The maximum Gasteiger partial charge on any atom is 0.242 e. The number of hydrogen-bond donors (Lipinski definition) is 1. The van der Waals surface area contributed by atoms with Crippen LogP contribution in [0.15, 0.2) is 36.4 Å². The molecule has 2 rings (SSSR count). The Hall–Kier alpha value is -1.11. The lowest BCUT2D eigenvalue weighted by Crippen LogP contribution is -2.48. The fourth-order valence-electron chi connectivity index (χ4n) is 2.71. The minimum absolute atomic E-state index is 0.148. The molecule has 0 aliphatic rings. The standard InChI is InChI=1S/C21H22Cl4N2O2S/c1-3-26-21(29)13(2)27(10-14-4-6-16(22)18(24)8-14)20(28)12-30-11-15-5-7-17(23)19(25)9-15/h4-9,13H,3,10-12H2,1-2H3,(H,26,29)/t13-/m0/s1. The van der Waals surface area contributed by atoms with Crippen LogP contribution in [0.4, 0.5) is 0 Å². The first-order chi connectivity index (χ1) is 14.2. The topological polar surface area (TPSA) is 49.4 Å². The molecule has 0 aromatic heterocycles. The van der Waals surface area contributed by atoms with Crippen LogP contribution in [0.25, 0.3) is 0 Å². The normalized spacial score (nSPS) is 11.8. The second-order valence-electron chi connectivity index (χ2n) is 6.58. The van der Waals surface area contributed by atoms with E-state index in [1.165, 1.54) is 11.8 Å². The van der Waals surface area contributed by atoms with Gasteiger partial charge in [0.15, 0.2) is 0 Å². The van der Waals surface area contributed by atoms with Crippen LogP contribution in [0.5, 0.6) is 0 Å². The predicted octanol–water partition coefficient (Wildman–Crippen LogP) is 6.09. The third kappa shape index (κ3) is 7.24. The van der Waals surface area contributed by atoms with Crippen LogP contribution >= 0.6 is 58.2 Å². The lowest BCUT2D eigenvalue weighted by Gasteiger charge is -2.28. The number of thioether (sulfide) groups is 1. The van der Waals surface area contributed by atoms with Crippen LogP contribution in [0, 0.1) is 0 Å². The minimum Gasteiger partial charge on any atom is -0.355 e. The van der Waals surface area contributed by atoms with E-state index in [2.05, 4.69) is 5.32 Å². The van der Waals surface area contributed by atoms with Crippen LogP contribution in [-0.4, -0.2) is 35.1 Å². The zero-order valence-electron chi connectivity index (χ0n) is 16.6. The number of nitrogens with zero attached hydrogens (tertiary/aromatic N) is 1. The van der Waals surface area contributed by atoms with E-state index in [0.717, 1.165) is 11.1 Å². The molecule has 1 N–H and O–H groups in total. The lowest BCUT2D eigenvalue weighted by molar-refractivity contribution is -0.138. The van der Waals surface area contributed by atoms with Gasteiger partial charge in [0.2, 0.25) is 11.8 Å². The van der Waals surface area contributed by atoms with Crippen molar-refractivity contribution in [1.82, 2.24) is 10.2 Å². The summed E-state index contributed by atoms with van der Waals surface area (Å²) in [6.07, 6.45) is 0. The second-order valence-corrected chi connectivity index (χ2v) is 9.20. The van der Waals surface area contributed by atoms with Gasteiger partial charge in [0.05, 0.1) is 25.8 Å². The number of carbonyl (C=O) groups excluding carboxylic acids is 2. The van der Waals surface area contributed by atoms with Crippen molar-refractivity contribution in [3.63, 3.8) is 0 Å². The largest absolute Gasteiger partial charge is 0.355 e. The zero-order valence-corrected chi connectivity index (χ0v) is 20.4. The SMILES string of the molecule is CCNC(=O)[C@H](C)N(Cc1ccc(Cl)c(Cl)c1)C(=O)CSCc1ccc(Cl)c(Cl)c1. The van der Waals surface area contributed by atoms with Gasteiger partial charge >= 0.3 is 0 Å². The maximum absolute atomic E-state index is 13.0. The Labute approximate surface area is 201 Å². The summed E-state index contributed by atoms with van der Waals surface area (Å²) in [5.74, 6) is 0.453. The van der Waals surface area contributed by atoms with Crippen LogP contribution in [0.2, 0.25) is 20.1 Å². The average Bonchev–Trinajstić information content (AvgIpc) is 2.71. The third-order valence-corrected chi connectivity index (χ3v) is 6.80. The molecular formula is C21H22Cl4N2O2S. The minimum atomic E-state index is -0.627. The number of carbonyl (C=O) groups is 2. The first-order valence-electron chi connectivity index (χ1n) is 9.25. The summed E-state index contributed by atoms with van der Waals surface area (Å²) >= 11 is 25.5. The van der Waals surface area contributed by atoms with Gasteiger partial charge in [0.1, 0.15) is 6.04 Å². The Bertz CT molecular complexity index is 911. The van der Waals surface area contributed by atoms with Gasteiger partial charge in [-0.1, -0.05) is 58.5 Å². The summed E-state index contributed by atoms with van der Waals surface area (Å²) in [6, 6.07) is 9.94. The van der Waals surface area contributed by atoms with Gasteiger partial charge in [-0.25, -0.2) is 0 Å². The molecule has 162 valence electrons. The van der Waals surface area contributed by atoms with Crippen LogP contribution in [-0.2, 0) is 21.9 Å². The first-order valence-corrected chi connectivity index (χ1v) is 11.9. The molecule has 0 spiro atoms. The van der Waals surface area contributed by atoms with Gasteiger partial charge in [-0.3, -0.25) is 9.59 Å². The van der Waals surface area contributed by atoms with E-state index >= 15 is 0 Å². The molecule has 1 atom stereocenters. The number of nitrogens with one attached hydrogen (secondary N) is 1. The summed E-state index contributed by atoms with van der Waals surface area (Å²) in [5.41, 5.74) is 1.76. The molecule has 9 heteroatoms. The molecule has 0 unspecified atom stereocenters. The number of likely N-dealkylation sites (N-methyl/N-ethyl adjacent to an activating group) is 1. The van der Waals surface area contributed by atoms with Gasteiger partial charge in [0.25, 0.3) is 0 Å². The average molecular weight is 508 g/mol. The van der Waals surface area contributed by atoms with Crippen LogP contribution < -0.4 is 5.32 Å². The van der Waals surface area contributed by atoms with Gasteiger partial charge < -0.3 is 10.2 Å². The van der Waals surface area contributed by atoms with E-state index in [0.29, 0.717) is 32.4 Å². The van der Waals surface area contributed by atoms with Crippen molar-refractivity contribution in [2.45, 2.75) is 32.2 Å². The predicted molar refractivity (Wildman–Crippen MR) is 128 cm³/mol. The van der Waals surface area contributed by atoms with E-state index in [9.17, 15) is 9.59 Å². The first kappa shape index (κ1) is 25.2. The highest BCUT2D eigenvalue weighted by Crippen LogP contribution is 2.26. The Morgan fingerprint density at radius 1 is 0.967 bits per heavy atom. The molecule has 0 fully saturated rings. The second kappa shape index (κ2) is 12.1. The molecule has 0 bridgehead atoms. The maximum atomic E-state index is 13.0. The lowest BCUT2D eigenvalue weighted by atomic mass is 10.1. The fraction of sp³-hybridized carbons (Fsp3) is 0.333. The number of halogens is 4. The number of amides is 2. The summed E-state index contributed by atoms with van der Waals surface area (Å²) in [5, 5.41) is 4.58. The highest BCUT2D eigenvalue weighted by atomic mass is 35.5. The van der Waals surface area contributed by atoms with E-state index in [1.54, 1.807) is 42.2 Å². The molecule has 4 nitrogen and oxygen atoms in total. The van der Waals surface area contributed by atoms with Crippen molar-refractivity contribution >= 4 is 70.0 Å². The van der Waals surface area contributed by atoms with Gasteiger partial charge in [-0.2, -0.15) is 0 Å². The van der Waals surface area contributed by atoms with Gasteiger partial charge in [-0.15, -0.1) is 11.8 Å². The molecule has 0 aliphatic carbocycles. The molecule has 2 aromatic rings. The van der Waals surface area contributed by atoms with Gasteiger partial charge in [0, 0.05) is 18.8 Å².